The molecule has 0 spiro atoms. The van der Waals surface area contributed by atoms with Gasteiger partial charge < -0.3 is 9.94 Å². The summed E-state index contributed by atoms with van der Waals surface area (Å²) in [6, 6.07) is 0. The monoisotopic (exact) mass is 133 g/mol. The first-order valence-electron chi connectivity index (χ1n) is 2.71. The van der Waals surface area contributed by atoms with Gasteiger partial charge >= 0.3 is 5.97 Å². The second kappa shape index (κ2) is 4.29. The van der Waals surface area contributed by atoms with Crippen molar-refractivity contribution in [1.29, 1.82) is 0 Å². The number of carbonyl (C=O) groups excluding carboxylic acids is 1. The summed E-state index contributed by atoms with van der Waals surface area (Å²) in [6.07, 6.45) is 0.174. The zero-order valence-electron chi connectivity index (χ0n) is 5.33. The maximum absolute atomic E-state index is 10.3. The van der Waals surface area contributed by atoms with Gasteiger partial charge in [0.2, 0.25) is 0 Å². The molecule has 0 aliphatic heterocycles. The maximum atomic E-state index is 10.3. The molecule has 0 bridgehead atoms. The van der Waals surface area contributed by atoms with Gasteiger partial charge in [-0.15, -0.1) is 0 Å². The molecule has 4 nitrogen and oxygen atoms in total. The van der Waals surface area contributed by atoms with Crippen molar-refractivity contribution in [3.8, 4) is 0 Å². The molecular formula is C5H11NO3. The summed E-state index contributed by atoms with van der Waals surface area (Å²) in [6.45, 7) is 1.71. The molecule has 9 heavy (non-hydrogen) atoms. The third kappa shape index (κ3) is 3.93. The lowest BCUT2D eigenvalue weighted by Crippen LogP contribution is -2.15. The number of hydrogen-bond donors (Lipinski definition) is 2. The van der Waals surface area contributed by atoms with E-state index in [-0.39, 0.29) is 18.9 Å². The van der Waals surface area contributed by atoms with Crippen LogP contribution in [0.3, 0.4) is 0 Å². The summed E-state index contributed by atoms with van der Waals surface area (Å²) in [5.74, 6) is 3.99. The highest BCUT2D eigenvalue weighted by Crippen LogP contribution is 1.99. The number of nitrogens with two attached hydrogens (primary N) is 1. The average Bonchev–Trinajstić information content (AvgIpc) is 1.87. The van der Waals surface area contributed by atoms with E-state index in [2.05, 4.69) is 10.7 Å². The summed E-state index contributed by atoms with van der Waals surface area (Å²) in [5, 5.41) is 8.43. The van der Waals surface area contributed by atoms with E-state index in [0.717, 1.165) is 0 Å². The van der Waals surface area contributed by atoms with Crippen LogP contribution in [0, 0.1) is 5.92 Å². The minimum atomic E-state index is -0.489. The fraction of sp³-hybridized carbons (Fsp3) is 0.800. The van der Waals surface area contributed by atoms with E-state index in [9.17, 15) is 4.79 Å². The van der Waals surface area contributed by atoms with E-state index in [1.165, 1.54) is 0 Å². The lowest BCUT2D eigenvalue weighted by molar-refractivity contribution is -0.145. The minimum absolute atomic E-state index is 0.0188. The Labute approximate surface area is 53.6 Å². The van der Waals surface area contributed by atoms with Crippen molar-refractivity contribution in [3.63, 3.8) is 0 Å². The highest BCUT2D eigenvalue weighted by molar-refractivity contribution is 5.69. The van der Waals surface area contributed by atoms with Gasteiger partial charge in [-0.3, -0.25) is 4.79 Å². The first kappa shape index (κ1) is 8.39. The van der Waals surface area contributed by atoms with Crippen LogP contribution in [-0.4, -0.2) is 17.7 Å². The van der Waals surface area contributed by atoms with E-state index in [1.54, 1.807) is 6.92 Å². The van der Waals surface area contributed by atoms with Crippen LogP contribution in [0.1, 0.15) is 13.3 Å². The number of rotatable bonds is 3. The number of aliphatic hydroxyl groups is 1. The molecule has 0 amide bonds. The standard InChI is InChI=1S/C5H11NO3/c1-4(3-7)2-5(8)9-6/h4,7H,2-3,6H2,1H3. The SMILES string of the molecule is CC(CO)CC(=O)ON. The first-order chi connectivity index (χ1) is 4.20. The Balaban J connectivity index is 3.34. The molecule has 3 N–H and O–H groups in total. The van der Waals surface area contributed by atoms with Gasteiger partial charge in [-0.05, 0) is 5.92 Å². The van der Waals surface area contributed by atoms with E-state index in [4.69, 9.17) is 5.11 Å². The molecule has 0 aliphatic rings. The smallest absolute Gasteiger partial charge is 0.324 e. The van der Waals surface area contributed by atoms with Gasteiger partial charge in [0.05, 0.1) is 6.42 Å². The van der Waals surface area contributed by atoms with Crippen LogP contribution in [0.25, 0.3) is 0 Å². The molecule has 0 aromatic carbocycles. The lowest BCUT2D eigenvalue weighted by Gasteiger charge is -2.02. The molecule has 4 heteroatoms. The van der Waals surface area contributed by atoms with Crippen molar-refractivity contribution in [3.05, 3.63) is 0 Å². The molecule has 0 rings (SSSR count). The molecule has 0 aromatic rings. The third-order valence-corrected chi connectivity index (χ3v) is 0.958. The van der Waals surface area contributed by atoms with Crippen LogP contribution >= 0.6 is 0 Å². The number of carbonyl (C=O) groups is 1. The van der Waals surface area contributed by atoms with Gasteiger partial charge in [0.1, 0.15) is 0 Å². The van der Waals surface area contributed by atoms with E-state index >= 15 is 0 Å². The predicted octanol–water partition coefficient (Wildman–Crippen LogP) is -0.578. The molecule has 1 unspecified atom stereocenters. The van der Waals surface area contributed by atoms with Crippen molar-refractivity contribution in [2.45, 2.75) is 13.3 Å². The van der Waals surface area contributed by atoms with Gasteiger partial charge in [-0.25, -0.2) is 0 Å². The fourth-order valence-electron chi connectivity index (χ4n) is 0.397. The van der Waals surface area contributed by atoms with E-state index in [0.29, 0.717) is 0 Å². The summed E-state index contributed by atoms with van der Waals surface area (Å²) >= 11 is 0. The Bertz CT molecular complexity index is 94.2. The van der Waals surface area contributed by atoms with Gasteiger partial charge in [0.25, 0.3) is 0 Å². The van der Waals surface area contributed by atoms with Crippen LogP contribution in [0.5, 0.6) is 0 Å². The van der Waals surface area contributed by atoms with Crippen molar-refractivity contribution in [1.82, 2.24) is 0 Å². The molecule has 0 saturated carbocycles. The molecule has 0 radical (unpaired) electrons. The highest BCUT2D eigenvalue weighted by atomic mass is 16.7. The second-order valence-electron chi connectivity index (χ2n) is 1.98. The maximum Gasteiger partial charge on any atom is 0.324 e. The normalized spacial score (nSPS) is 12.8. The molecule has 54 valence electrons. The Hall–Kier alpha value is -0.610. The molecule has 0 saturated heterocycles. The number of aliphatic hydroxyl groups excluding tert-OH is 1. The Morgan fingerprint density at radius 1 is 1.89 bits per heavy atom. The average molecular weight is 133 g/mol. The van der Waals surface area contributed by atoms with Crippen LogP contribution in [0.2, 0.25) is 0 Å². The van der Waals surface area contributed by atoms with Crippen LogP contribution in [0.15, 0.2) is 0 Å². The van der Waals surface area contributed by atoms with Crippen molar-refractivity contribution in [2.75, 3.05) is 6.61 Å². The molecule has 0 aromatic heterocycles. The van der Waals surface area contributed by atoms with Crippen LogP contribution < -0.4 is 5.90 Å². The number of hydrogen-bond acceptors (Lipinski definition) is 4. The van der Waals surface area contributed by atoms with Crippen molar-refractivity contribution >= 4 is 5.97 Å². The third-order valence-electron chi connectivity index (χ3n) is 0.958. The summed E-state index contributed by atoms with van der Waals surface area (Å²) in [7, 11) is 0. The van der Waals surface area contributed by atoms with Crippen molar-refractivity contribution in [2.24, 2.45) is 11.8 Å². The highest BCUT2D eigenvalue weighted by Gasteiger charge is 2.06. The zero-order chi connectivity index (χ0) is 7.28. The summed E-state index contributed by atoms with van der Waals surface area (Å²) in [4.78, 5) is 14.2. The van der Waals surface area contributed by atoms with Crippen molar-refractivity contribution < 1.29 is 14.7 Å². The van der Waals surface area contributed by atoms with Crippen LogP contribution in [-0.2, 0) is 9.63 Å². The first-order valence-corrected chi connectivity index (χ1v) is 2.71. The fourth-order valence-corrected chi connectivity index (χ4v) is 0.397. The zero-order valence-corrected chi connectivity index (χ0v) is 5.33. The minimum Gasteiger partial charge on any atom is -0.396 e. The molecule has 0 aliphatic carbocycles. The Morgan fingerprint density at radius 2 is 2.44 bits per heavy atom. The van der Waals surface area contributed by atoms with Crippen LogP contribution in [0.4, 0.5) is 0 Å². The largest absolute Gasteiger partial charge is 0.396 e. The quantitative estimate of drug-likeness (QED) is 0.505. The van der Waals surface area contributed by atoms with Gasteiger partial charge in [0, 0.05) is 6.61 Å². The van der Waals surface area contributed by atoms with E-state index < -0.39 is 5.97 Å². The van der Waals surface area contributed by atoms with Gasteiger partial charge in [-0.2, -0.15) is 5.90 Å². The van der Waals surface area contributed by atoms with Gasteiger partial charge in [-0.1, -0.05) is 6.92 Å². The lowest BCUT2D eigenvalue weighted by atomic mass is 10.1. The second-order valence-corrected chi connectivity index (χ2v) is 1.98. The topological polar surface area (TPSA) is 72.5 Å². The molecule has 0 fully saturated rings. The van der Waals surface area contributed by atoms with Gasteiger partial charge in [0.15, 0.2) is 0 Å². The molecular weight excluding hydrogens is 122 g/mol. The summed E-state index contributed by atoms with van der Waals surface area (Å²) < 4.78 is 0. The Morgan fingerprint density at radius 3 is 2.78 bits per heavy atom. The Kier molecular flexibility index (Phi) is 4.00. The molecule has 1 atom stereocenters. The van der Waals surface area contributed by atoms with E-state index in [1.807, 2.05) is 0 Å². The summed E-state index contributed by atoms with van der Waals surface area (Å²) in [5.41, 5.74) is 0. The predicted molar refractivity (Wildman–Crippen MR) is 31.1 cm³/mol. The molecule has 0 heterocycles.